The van der Waals surface area contributed by atoms with Crippen LogP contribution in [0.25, 0.3) is 11.8 Å². The number of carbonyl (C=O) groups excluding carboxylic acids is 2. The quantitative estimate of drug-likeness (QED) is 0.0391. The van der Waals surface area contributed by atoms with Gasteiger partial charge in [-0.05, 0) is 12.2 Å². The third-order valence-electron chi connectivity index (χ3n) is 4.82. The Morgan fingerprint density at radius 2 is 2.16 bits per heavy atom. The van der Waals surface area contributed by atoms with Crippen LogP contribution >= 0.6 is 0 Å². The molecule has 14 nitrogen and oxygen atoms in total. The zero-order valence-corrected chi connectivity index (χ0v) is 20.4. The van der Waals surface area contributed by atoms with E-state index in [1.807, 2.05) is 0 Å². The van der Waals surface area contributed by atoms with Crippen molar-refractivity contribution in [2.75, 3.05) is 44.5 Å². The first kappa shape index (κ1) is 28.5. The smallest absolute Gasteiger partial charge is 0.339 e. The van der Waals surface area contributed by atoms with Gasteiger partial charge in [-0.2, -0.15) is 0 Å². The molecule has 2 aromatic rings. The predicted molar refractivity (Wildman–Crippen MR) is 137 cm³/mol. The molecular weight excluding hydrogens is 486 g/mol. The summed E-state index contributed by atoms with van der Waals surface area (Å²) in [6.07, 6.45) is 9.80. The van der Waals surface area contributed by atoms with E-state index in [-0.39, 0.29) is 36.8 Å². The van der Waals surface area contributed by atoms with Crippen LogP contribution in [0.3, 0.4) is 0 Å². The van der Waals surface area contributed by atoms with E-state index in [0.29, 0.717) is 42.3 Å². The lowest BCUT2D eigenvalue weighted by Gasteiger charge is -2.14. The van der Waals surface area contributed by atoms with Crippen LogP contribution < -0.4 is 16.4 Å². The van der Waals surface area contributed by atoms with Crippen molar-refractivity contribution in [3.05, 3.63) is 63.8 Å². The van der Waals surface area contributed by atoms with Gasteiger partial charge in [0.15, 0.2) is 5.76 Å². The Morgan fingerprint density at radius 1 is 1.38 bits per heavy atom. The molecule has 0 aliphatic rings. The van der Waals surface area contributed by atoms with Gasteiger partial charge >= 0.3 is 11.7 Å². The minimum absolute atomic E-state index is 0.00606. The second-order valence-electron chi connectivity index (χ2n) is 7.17. The highest BCUT2D eigenvalue weighted by molar-refractivity contribution is 5.90. The molecule has 37 heavy (non-hydrogen) atoms. The summed E-state index contributed by atoms with van der Waals surface area (Å²) in [6.45, 7) is 0.656. The zero-order valence-electron chi connectivity index (χ0n) is 20.4. The molecule has 0 aromatic carbocycles. The molecule has 0 aliphatic carbocycles. The lowest BCUT2D eigenvalue weighted by Crippen LogP contribution is -2.10. The number of aliphatic hydroxyl groups excluding tert-OH is 1. The summed E-state index contributed by atoms with van der Waals surface area (Å²) in [5, 5.41) is 26.3. The number of hydrogen-bond acceptors (Lipinski definition) is 12. The highest BCUT2D eigenvalue weighted by Gasteiger charge is 2.20. The molecule has 2 aromatic heterocycles. The van der Waals surface area contributed by atoms with Crippen molar-refractivity contribution in [2.45, 2.75) is 13.0 Å². The van der Waals surface area contributed by atoms with Gasteiger partial charge in [-0.3, -0.25) is 14.9 Å². The van der Waals surface area contributed by atoms with E-state index in [2.05, 4.69) is 25.3 Å². The van der Waals surface area contributed by atoms with Crippen LogP contribution in [0, 0.1) is 10.1 Å². The van der Waals surface area contributed by atoms with Gasteiger partial charge < -0.3 is 35.5 Å². The lowest BCUT2D eigenvalue weighted by molar-refractivity contribution is -0.384. The maximum atomic E-state index is 11.6. The number of aldehydes is 1. The molecule has 0 bridgehead atoms. The molecule has 2 heterocycles. The Balaban J connectivity index is 2.25. The molecule has 198 valence electrons. The van der Waals surface area contributed by atoms with Crippen LogP contribution in [-0.4, -0.2) is 70.7 Å². The average Bonchev–Trinajstić information content (AvgIpc) is 3.26. The lowest BCUT2D eigenvalue weighted by atomic mass is 10.2. The summed E-state index contributed by atoms with van der Waals surface area (Å²) in [5.74, 6) is 0.0459. The van der Waals surface area contributed by atoms with Crippen LogP contribution in [0.5, 0.6) is 0 Å². The molecule has 0 radical (unpaired) electrons. The van der Waals surface area contributed by atoms with Gasteiger partial charge in [0.1, 0.15) is 12.0 Å². The van der Waals surface area contributed by atoms with E-state index in [9.17, 15) is 19.7 Å². The van der Waals surface area contributed by atoms with Crippen LogP contribution in [0.15, 0.2) is 36.7 Å². The fourth-order valence-corrected chi connectivity index (χ4v) is 3.17. The van der Waals surface area contributed by atoms with E-state index >= 15 is 0 Å². The Bertz CT molecular complexity index is 1190. The van der Waals surface area contributed by atoms with Gasteiger partial charge in [0.25, 0.3) is 0 Å². The number of methoxy groups -OCH3 is 1. The molecule has 0 amide bonds. The maximum Gasteiger partial charge on any atom is 0.339 e. The van der Waals surface area contributed by atoms with E-state index in [1.54, 1.807) is 23.8 Å². The third kappa shape index (κ3) is 7.63. The summed E-state index contributed by atoms with van der Waals surface area (Å²) in [4.78, 5) is 41.7. The summed E-state index contributed by atoms with van der Waals surface area (Å²) >= 11 is 0. The summed E-state index contributed by atoms with van der Waals surface area (Å²) in [7, 11) is 2.85. The predicted octanol–water partition coefficient (Wildman–Crippen LogP) is 1.55. The number of hydrogen-bond donors (Lipinski definition) is 4. The van der Waals surface area contributed by atoms with Crippen molar-refractivity contribution in [1.82, 2.24) is 14.5 Å². The van der Waals surface area contributed by atoms with Crippen molar-refractivity contribution in [3.63, 3.8) is 0 Å². The fourth-order valence-electron chi connectivity index (χ4n) is 3.17. The molecule has 0 atom stereocenters. The van der Waals surface area contributed by atoms with Gasteiger partial charge in [-0.1, -0.05) is 12.2 Å². The molecular formula is C23H29N7O7. The average molecular weight is 516 g/mol. The van der Waals surface area contributed by atoms with Crippen LogP contribution in [0.2, 0.25) is 0 Å². The van der Waals surface area contributed by atoms with Crippen molar-refractivity contribution >= 4 is 41.5 Å². The first-order valence-electron chi connectivity index (χ1n) is 11.1. The Kier molecular flexibility index (Phi) is 11.3. The zero-order chi connectivity index (χ0) is 27.2. The monoisotopic (exact) mass is 515 g/mol. The standard InChI is InChI=1S/C23H29N7O7/c1-25-23-28-17(7-5-10-31)20(19(14-24)37-12-6-11-32)29(23)9-4-3-8-26-21-18(30(34)35)13-16(15-27-21)22(33)36-2/h3-5,7,10,13-15,32H,6,8-9,11-12,24H2,1-2H3,(H,25,28)(H,26,27)/b4-3+,7-5+,19-14+. The largest absolute Gasteiger partial charge is 0.490 e. The van der Waals surface area contributed by atoms with Crippen molar-refractivity contribution < 1.29 is 29.1 Å². The Morgan fingerprint density at radius 3 is 2.78 bits per heavy atom. The first-order chi connectivity index (χ1) is 17.9. The number of esters is 1. The van der Waals surface area contributed by atoms with Gasteiger partial charge in [-0.25, -0.2) is 14.8 Å². The number of rotatable bonds is 15. The SMILES string of the molecule is CNc1nc(/C=C/C=O)c(/C(=C\N)OCCCO)n1C/C=C/CNc1ncc(C(=O)OC)cc1[N+](=O)[O-]. The number of ether oxygens (including phenoxy) is 2. The Labute approximate surface area is 212 Å². The molecule has 0 saturated carbocycles. The molecule has 14 heteroatoms. The van der Waals surface area contributed by atoms with E-state index in [0.717, 1.165) is 6.07 Å². The number of nitrogens with two attached hydrogens (primary N) is 1. The third-order valence-corrected chi connectivity index (χ3v) is 4.82. The Hall–Kier alpha value is -4.72. The van der Waals surface area contributed by atoms with E-state index in [1.165, 1.54) is 31.7 Å². The summed E-state index contributed by atoms with van der Waals surface area (Å²) < 4.78 is 12.1. The van der Waals surface area contributed by atoms with Gasteiger partial charge in [0.05, 0.1) is 29.9 Å². The van der Waals surface area contributed by atoms with Gasteiger partial charge in [-0.15, -0.1) is 0 Å². The van der Waals surface area contributed by atoms with Gasteiger partial charge in [0, 0.05) is 51.6 Å². The normalized spacial score (nSPS) is 11.6. The minimum Gasteiger partial charge on any atom is -0.490 e. The molecule has 0 spiro atoms. The molecule has 0 fully saturated rings. The molecule has 0 saturated heterocycles. The number of pyridine rings is 1. The number of nitro groups is 1. The van der Waals surface area contributed by atoms with Crippen LogP contribution in [0.4, 0.5) is 17.5 Å². The number of nitrogens with zero attached hydrogens (tertiary/aromatic N) is 4. The second kappa shape index (κ2) is 14.6. The molecule has 2 rings (SSSR count). The van der Waals surface area contributed by atoms with Crippen LogP contribution in [0.1, 0.15) is 28.2 Å². The van der Waals surface area contributed by atoms with Crippen molar-refractivity contribution in [2.24, 2.45) is 5.73 Å². The van der Waals surface area contributed by atoms with E-state index in [4.69, 9.17) is 15.6 Å². The number of imidazole rings is 1. The molecule has 5 N–H and O–H groups in total. The number of aliphatic hydroxyl groups is 1. The number of allylic oxidation sites excluding steroid dienone is 2. The molecule has 0 aliphatic heterocycles. The second-order valence-corrected chi connectivity index (χ2v) is 7.17. The van der Waals surface area contributed by atoms with Crippen molar-refractivity contribution in [1.29, 1.82) is 0 Å². The number of nitrogens with one attached hydrogen (secondary N) is 2. The van der Waals surface area contributed by atoms with Crippen LogP contribution in [-0.2, 0) is 20.8 Å². The maximum absolute atomic E-state index is 11.6. The highest BCUT2D eigenvalue weighted by Crippen LogP contribution is 2.26. The first-order valence-corrected chi connectivity index (χ1v) is 11.1. The summed E-state index contributed by atoms with van der Waals surface area (Å²) in [6, 6.07) is 1.09. The van der Waals surface area contributed by atoms with Gasteiger partial charge in [0.2, 0.25) is 11.8 Å². The minimum atomic E-state index is -0.730. The fraction of sp³-hybridized carbons (Fsp3) is 0.304. The topological polar surface area (TPSA) is 197 Å². The number of aromatic nitrogens is 3. The highest BCUT2D eigenvalue weighted by atomic mass is 16.6. The molecule has 0 unspecified atom stereocenters. The number of anilines is 2. The number of carbonyl (C=O) groups is 2. The summed E-state index contributed by atoms with van der Waals surface area (Å²) in [5.41, 5.74) is 6.35. The van der Waals surface area contributed by atoms with Crippen molar-refractivity contribution in [3.8, 4) is 0 Å². The van der Waals surface area contributed by atoms with E-state index < -0.39 is 10.9 Å².